The Balaban J connectivity index is 1.98. The molecule has 0 unspecified atom stereocenters. The maximum atomic E-state index is 5.87. The predicted octanol–water partition coefficient (Wildman–Crippen LogP) is 5.04. The molecule has 0 saturated carbocycles. The zero-order valence-corrected chi connectivity index (χ0v) is 14.8. The van der Waals surface area contributed by atoms with Crippen LogP contribution in [0, 0.1) is 0 Å². The summed E-state index contributed by atoms with van der Waals surface area (Å²) in [5.41, 5.74) is 9.94. The van der Waals surface area contributed by atoms with Crippen LogP contribution >= 0.6 is 0 Å². The molecule has 3 aromatic carbocycles. The molecule has 0 N–H and O–H groups in total. The SMILES string of the molecule is CCc1cccc2c1C1(COC)c3ccccc3C2c2ccccc21. The zero-order valence-electron chi connectivity index (χ0n) is 14.8. The molecule has 0 aromatic heterocycles. The Morgan fingerprint density at radius 3 is 2.00 bits per heavy atom. The van der Waals surface area contributed by atoms with Crippen LogP contribution in [-0.2, 0) is 16.6 Å². The Hall–Kier alpha value is -2.38. The van der Waals surface area contributed by atoms with Gasteiger partial charge in [0.2, 0.25) is 0 Å². The van der Waals surface area contributed by atoms with Gasteiger partial charge in [-0.3, -0.25) is 0 Å². The van der Waals surface area contributed by atoms with Crippen molar-refractivity contribution in [3.8, 4) is 0 Å². The number of ether oxygens (including phenoxy) is 1. The molecule has 25 heavy (non-hydrogen) atoms. The Morgan fingerprint density at radius 1 is 0.800 bits per heavy atom. The predicted molar refractivity (Wildman–Crippen MR) is 101 cm³/mol. The summed E-state index contributed by atoms with van der Waals surface area (Å²) in [6.45, 7) is 2.94. The number of benzene rings is 3. The number of rotatable bonds is 3. The summed E-state index contributed by atoms with van der Waals surface area (Å²) in [6.07, 6.45) is 1.05. The molecule has 0 amide bonds. The van der Waals surface area contributed by atoms with Crippen LogP contribution in [-0.4, -0.2) is 13.7 Å². The lowest BCUT2D eigenvalue weighted by atomic mass is 9.52. The van der Waals surface area contributed by atoms with E-state index in [4.69, 9.17) is 4.74 Å². The van der Waals surface area contributed by atoms with Crippen molar-refractivity contribution in [2.24, 2.45) is 0 Å². The van der Waals surface area contributed by atoms with Gasteiger partial charge in [-0.1, -0.05) is 73.7 Å². The minimum Gasteiger partial charge on any atom is -0.383 e. The van der Waals surface area contributed by atoms with Crippen LogP contribution in [0.4, 0.5) is 0 Å². The molecule has 0 heterocycles. The van der Waals surface area contributed by atoms with Gasteiger partial charge in [0.05, 0.1) is 12.0 Å². The fourth-order valence-electron chi connectivity index (χ4n) is 5.31. The van der Waals surface area contributed by atoms with E-state index in [-0.39, 0.29) is 5.41 Å². The van der Waals surface area contributed by atoms with E-state index >= 15 is 0 Å². The summed E-state index contributed by atoms with van der Waals surface area (Å²) in [7, 11) is 1.83. The van der Waals surface area contributed by atoms with E-state index in [1.807, 2.05) is 7.11 Å². The van der Waals surface area contributed by atoms with E-state index in [1.165, 1.54) is 38.9 Å². The smallest absolute Gasteiger partial charge is 0.0696 e. The Kier molecular flexibility index (Phi) is 3.17. The highest BCUT2D eigenvalue weighted by molar-refractivity contribution is 5.73. The van der Waals surface area contributed by atoms with Crippen molar-refractivity contribution in [1.82, 2.24) is 0 Å². The second kappa shape index (κ2) is 5.31. The van der Waals surface area contributed by atoms with Crippen LogP contribution in [0.25, 0.3) is 0 Å². The molecule has 3 aliphatic rings. The number of methoxy groups -OCH3 is 1. The molecular formula is C24H22O. The molecule has 0 saturated heterocycles. The quantitative estimate of drug-likeness (QED) is 0.655. The molecule has 3 aliphatic carbocycles. The van der Waals surface area contributed by atoms with Gasteiger partial charge in [0.25, 0.3) is 0 Å². The first-order valence-electron chi connectivity index (χ1n) is 9.13. The second-order valence-electron chi connectivity index (χ2n) is 7.18. The first-order chi connectivity index (χ1) is 12.3. The van der Waals surface area contributed by atoms with Gasteiger partial charge in [-0.2, -0.15) is 0 Å². The lowest BCUT2D eigenvalue weighted by Gasteiger charge is -2.51. The summed E-state index contributed by atoms with van der Waals surface area (Å²) in [4.78, 5) is 0. The Labute approximate surface area is 149 Å². The lowest BCUT2D eigenvalue weighted by Crippen LogP contribution is -2.46. The van der Waals surface area contributed by atoms with E-state index in [0.29, 0.717) is 12.5 Å². The summed E-state index contributed by atoms with van der Waals surface area (Å²) < 4.78 is 5.87. The Morgan fingerprint density at radius 2 is 1.40 bits per heavy atom. The molecule has 1 nitrogen and oxygen atoms in total. The van der Waals surface area contributed by atoms with E-state index < -0.39 is 0 Å². The van der Waals surface area contributed by atoms with Crippen LogP contribution in [0.1, 0.15) is 51.8 Å². The molecule has 0 spiro atoms. The minimum absolute atomic E-state index is 0.196. The molecule has 1 heteroatoms. The first kappa shape index (κ1) is 14.9. The van der Waals surface area contributed by atoms with Gasteiger partial charge in [-0.25, -0.2) is 0 Å². The van der Waals surface area contributed by atoms with Gasteiger partial charge < -0.3 is 4.74 Å². The molecule has 3 aromatic rings. The third kappa shape index (κ3) is 1.72. The highest BCUT2D eigenvalue weighted by atomic mass is 16.5. The molecular weight excluding hydrogens is 304 g/mol. The normalized spacial score (nSPS) is 22.2. The van der Waals surface area contributed by atoms with Crippen LogP contribution in [0.5, 0.6) is 0 Å². The monoisotopic (exact) mass is 326 g/mol. The van der Waals surface area contributed by atoms with Crippen molar-refractivity contribution >= 4 is 0 Å². The third-order valence-corrected chi connectivity index (χ3v) is 6.13. The fourth-order valence-corrected chi connectivity index (χ4v) is 5.31. The van der Waals surface area contributed by atoms with E-state index in [0.717, 1.165) is 6.42 Å². The van der Waals surface area contributed by atoms with Gasteiger partial charge in [0, 0.05) is 13.0 Å². The summed E-state index contributed by atoms with van der Waals surface area (Å²) in [5, 5.41) is 0. The lowest BCUT2D eigenvalue weighted by molar-refractivity contribution is 0.158. The maximum Gasteiger partial charge on any atom is 0.0696 e. The van der Waals surface area contributed by atoms with Gasteiger partial charge >= 0.3 is 0 Å². The number of hydrogen-bond donors (Lipinski definition) is 0. The summed E-state index contributed by atoms with van der Waals surface area (Å²) >= 11 is 0. The van der Waals surface area contributed by atoms with Crippen molar-refractivity contribution < 1.29 is 4.74 Å². The average molecular weight is 326 g/mol. The molecule has 0 aliphatic heterocycles. The standard InChI is InChI=1S/C24H22O/c1-3-16-9-8-12-19-22-17-10-4-6-13-20(17)24(15-25-2,23(16)19)21-14-7-5-11-18(21)22/h4-14,22H,3,15H2,1-2H3. The topological polar surface area (TPSA) is 9.23 Å². The van der Waals surface area contributed by atoms with E-state index in [2.05, 4.69) is 73.7 Å². The maximum absolute atomic E-state index is 5.87. The van der Waals surface area contributed by atoms with Crippen LogP contribution in [0.2, 0.25) is 0 Å². The summed E-state index contributed by atoms with van der Waals surface area (Å²) in [6, 6.07) is 24.8. The average Bonchev–Trinajstić information content (AvgIpc) is 2.68. The number of aryl methyl sites for hydroxylation is 1. The van der Waals surface area contributed by atoms with Gasteiger partial charge in [0.15, 0.2) is 0 Å². The number of hydrogen-bond acceptors (Lipinski definition) is 1. The second-order valence-corrected chi connectivity index (χ2v) is 7.18. The van der Waals surface area contributed by atoms with Gasteiger partial charge in [0.1, 0.15) is 0 Å². The van der Waals surface area contributed by atoms with E-state index in [1.54, 1.807) is 0 Å². The van der Waals surface area contributed by atoms with Gasteiger partial charge in [-0.15, -0.1) is 0 Å². The zero-order chi connectivity index (χ0) is 17.0. The van der Waals surface area contributed by atoms with Crippen molar-refractivity contribution in [2.75, 3.05) is 13.7 Å². The first-order valence-corrected chi connectivity index (χ1v) is 9.13. The molecule has 6 rings (SSSR count). The molecule has 0 atom stereocenters. The van der Waals surface area contributed by atoms with Crippen molar-refractivity contribution in [2.45, 2.75) is 24.7 Å². The van der Waals surface area contributed by atoms with Crippen molar-refractivity contribution in [1.29, 1.82) is 0 Å². The fraction of sp³-hybridized carbons (Fsp3) is 0.250. The largest absolute Gasteiger partial charge is 0.383 e. The highest BCUT2D eigenvalue weighted by Gasteiger charge is 2.52. The van der Waals surface area contributed by atoms with Crippen LogP contribution in [0.15, 0.2) is 66.7 Å². The van der Waals surface area contributed by atoms with Crippen LogP contribution < -0.4 is 0 Å². The third-order valence-electron chi connectivity index (χ3n) is 6.13. The van der Waals surface area contributed by atoms with Crippen molar-refractivity contribution in [3.05, 3.63) is 106 Å². The highest BCUT2D eigenvalue weighted by Crippen LogP contribution is 2.59. The van der Waals surface area contributed by atoms with Crippen LogP contribution in [0.3, 0.4) is 0 Å². The van der Waals surface area contributed by atoms with E-state index in [9.17, 15) is 0 Å². The van der Waals surface area contributed by atoms with Crippen molar-refractivity contribution in [3.63, 3.8) is 0 Å². The molecule has 0 fully saturated rings. The molecule has 124 valence electrons. The molecule has 0 radical (unpaired) electrons. The minimum atomic E-state index is -0.196. The van der Waals surface area contributed by atoms with Gasteiger partial charge in [-0.05, 0) is 45.4 Å². The molecule has 2 bridgehead atoms. The Bertz CT molecular complexity index is 922. The summed E-state index contributed by atoms with van der Waals surface area (Å²) in [5.74, 6) is 0.340.